The molecule has 0 aliphatic carbocycles. The molecule has 0 radical (unpaired) electrons. The summed E-state index contributed by atoms with van der Waals surface area (Å²) >= 11 is 0. The second-order valence-electron chi connectivity index (χ2n) is 8.66. The molecule has 0 atom stereocenters. The molecule has 0 aromatic heterocycles. The van der Waals surface area contributed by atoms with Crippen LogP contribution in [0.4, 0.5) is 0 Å². The van der Waals surface area contributed by atoms with Crippen molar-refractivity contribution in [3.8, 4) is 0 Å². The van der Waals surface area contributed by atoms with Crippen molar-refractivity contribution in [2.75, 3.05) is 6.54 Å². The third-order valence-corrected chi connectivity index (χ3v) is 5.06. The van der Waals surface area contributed by atoms with Crippen molar-refractivity contribution in [2.45, 2.75) is 74.1 Å². The predicted molar refractivity (Wildman–Crippen MR) is 164 cm³/mol. The van der Waals surface area contributed by atoms with Crippen molar-refractivity contribution in [1.82, 2.24) is 5.32 Å². The van der Waals surface area contributed by atoms with E-state index < -0.39 is 0 Å². The normalized spacial score (nSPS) is 9.49. The fourth-order valence-corrected chi connectivity index (χ4v) is 2.96. The summed E-state index contributed by atoms with van der Waals surface area (Å²) in [6.45, 7) is 25.1. The standard InChI is InChI=1S/C11H11O2.C11H14.C9H15NO.C3H7.K/c1-8-5-10(7-12)3-4-11(8)6-9(2)13;1-4-10-6-5-7-11(8-10)9(2)3;1-4-7-10-9(11)8(5-2)6-3;1-3-2;/h3-5H,6H2,1-2H3;5-8H,2,4H2,1,3H3;5-6H,2,4,7H2,1,3H3,(H,10,11);1,3H2,2H3;/q-1;;;-1;+1/b;;8-6+;;. The molecule has 0 unspecified atom stereocenters. The topological polar surface area (TPSA) is 63.2 Å². The van der Waals surface area contributed by atoms with Crippen LogP contribution in [0.1, 0.15) is 82.2 Å². The largest absolute Gasteiger partial charge is 1.00 e. The minimum Gasteiger partial charge on any atom is -0.376 e. The fraction of sp³-hybridized carbons (Fsp3) is 0.353. The van der Waals surface area contributed by atoms with Gasteiger partial charge in [-0.05, 0) is 44.7 Å². The average molecular weight is 557 g/mol. The van der Waals surface area contributed by atoms with Crippen LogP contribution in [0, 0.1) is 13.8 Å². The van der Waals surface area contributed by atoms with Gasteiger partial charge in [-0.15, -0.1) is 11.6 Å². The number of Topliss-reactive ketones (excluding diaryl/α,β-unsaturated/α-hetero) is 1. The zero-order valence-corrected chi connectivity index (χ0v) is 28.7. The quantitative estimate of drug-likeness (QED) is 0.210. The Morgan fingerprint density at radius 1 is 1.08 bits per heavy atom. The minimum absolute atomic E-state index is 0. The van der Waals surface area contributed by atoms with Crippen molar-refractivity contribution in [3.63, 3.8) is 0 Å². The second kappa shape index (κ2) is 26.3. The van der Waals surface area contributed by atoms with Crippen molar-refractivity contribution in [3.05, 3.63) is 108 Å². The summed E-state index contributed by atoms with van der Waals surface area (Å²) in [5.41, 5.74) is 6.89. The Balaban J connectivity index is -0.000000470. The molecule has 1 N–H and O–H groups in total. The Morgan fingerprint density at radius 3 is 2.10 bits per heavy atom. The SMILES string of the molecule is C=C(C)c1cccc(CC)c1.C=C/C(=C\C)C(=O)NCCC.CC(=O)Cc1ccc([C-]=O)cc1C.[CH2-]CC.[K+]. The molecule has 0 aliphatic rings. The first kappa shape index (κ1) is 41.6. The van der Waals surface area contributed by atoms with E-state index in [0.717, 1.165) is 42.5 Å². The Kier molecular flexibility index (Phi) is 28.1. The number of rotatable bonds is 9. The van der Waals surface area contributed by atoms with Crippen molar-refractivity contribution in [2.24, 2.45) is 0 Å². The molecule has 1 amide bonds. The van der Waals surface area contributed by atoms with Gasteiger partial charge in [-0.3, -0.25) is 9.59 Å². The Labute approximate surface area is 280 Å². The third-order valence-electron chi connectivity index (χ3n) is 5.06. The van der Waals surface area contributed by atoms with E-state index in [0.29, 0.717) is 17.6 Å². The third kappa shape index (κ3) is 20.6. The van der Waals surface area contributed by atoms with Crippen LogP contribution in [0.5, 0.6) is 0 Å². The van der Waals surface area contributed by atoms with Crippen LogP contribution in [-0.4, -0.2) is 24.5 Å². The molecule has 39 heavy (non-hydrogen) atoms. The maximum absolute atomic E-state index is 11.1. The van der Waals surface area contributed by atoms with Gasteiger partial charge in [-0.2, -0.15) is 24.1 Å². The minimum atomic E-state index is -0.0376. The molecule has 0 heterocycles. The van der Waals surface area contributed by atoms with Crippen LogP contribution in [0.25, 0.3) is 5.57 Å². The molecule has 0 spiro atoms. The van der Waals surface area contributed by atoms with Gasteiger partial charge < -0.3 is 17.0 Å². The van der Waals surface area contributed by atoms with E-state index in [4.69, 9.17) is 0 Å². The number of benzene rings is 2. The van der Waals surface area contributed by atoms with E-state index in [2.05, 4.69) is 56.6 Å². The van der Waals surface area contributed by atoms with Crippen LogP contribution in [0.3, 0.4) is 0 Å². The molecule has 2 rings (SSSR count). The maximum atomic E-state index is 11.1. The van der Waals surface area contributed by atoms with Crippen LogP contribution in [0.15, 0.2) is 73.3 Å². The monoisotopic (exact) mass is 556 g/mol. The Morgan fingerprint density at radius 2 is 1.69 bits per heavy atom. The molecule has 0 saturated heterocycles. The average Bonchev–Trinajstić information content (AvgIpc) is 2.90. The first-order valence-electron chi connectivity index (χ1n) is 13.1. The summed E-state index contributed by atoms with van der Waals surface area (Å²) in [6, 6.07) is 13.7. The molecule has 4 nitrogen and oxygen atoms in total. The van der Waals surface area contributed by atoms with Crippen molar-refractivity contribution < 1.29 is 65.8 Å². The van der Waals surface area contributed by atoms with E-state index in [1.165, 1.54) is 11.1 Å². The number of nitrogens with one attached hydrogen (secondary N) is 1. The molecule has 0 fully saturated rings. The summed E-state index contributed by atoms with van der Waals surface area (Å²) < 4.78 is 0. The first-order valence-corrected chi connectivity index (χ1v) is 13.1. The molecular weight excluding hydrogens is 509 g/mol. The number of ketones is 1. The smallest absolute Gasteiger partial charge is 0.376 e. The van der Waals surface area contributed by atoms with Gasteiger partial charge in [-0.1, -0.05) is 88.4 Å². The van der Waals surface area contributed by atoms with Crippen LogP contribution < -0.4 is 56.7 Å². The number of hydrogen-bond acceptors (Lipinski definition) is 3. The van der Waals surface area contributed by atoms with Gasteiger partial charge in [0.1, 0.15) is 5.78 Å². The van der Waals surface area contributed by atoms with Crippen molar-refractivity contribution in [1.29, 1.82) is 0 Å². The van der Waals surface area contributed by atoms with E-state index in [1.807, 2.05) is 40.9 Å². The van der Waals surface area contributed by atoms with E-state index in [-0.39, 0.29) is 63.1 Å². The molecule has 208 valence electrons. The summed E-state index contributed by atoms with van der Waals surface area (Å²) in [7, 11) is 0. The molecule has 0 saturated carbocycles. The first-order chi connectivity index (χ1) is 18.0. The molecule has 5 heteroatoms. The number of carbonyl (C=O) groups is 2. The zero-order chi connectivity index (χ0) is 29.5. The molecule has 0 bridgehead atoms. The van der Waals surface area contributed by atoms with E-state index in [9.17, 15) is 14.4 Å². The summed E-state index contributed by atoms with van der Waals surface area (Å²) in [6.07, 6.45) is 8.61. The number of amides is 1. The summed E-state index contributed by atoms with van der Waals surface area (Å²) in [4.78, 5) is 32.3. The number of aryl methyl sites for hydroxylation is 2. The molecule has 0 aliphatic heterocycles. The Hall–Kier alpha value is -1.89. The van der Waals surface area contributed by atoms with Gasteiger partial charge in [0.05, 0.1) is 6.29 Å². The summed E-state index contributed by atoms with van der Waals surface area (Å²) in [5, 5.41) is 2.76. The second-order valence-corrected chi connectivity index (χ2v) is 8.66. The van der Waals surface area contributed by atoms with Gasteiger partial charge in [-0.25, -0.2) is 0 Å². The Bertz CT molecular complexity index is 1050. The van der Waals surface area contributed by atoms with Gasteiger partial charge in [0.25, 0.3) is 5.91 Å². The molecule has 2 aromatic rings. The van der Waals surface area contributed by atoms with Gasteiger partial charge >= 0.3 is 51.4 Å². The van der Waals surface area contributed by atoms with Crippen LogP contribution in [0.2, 0.25) is 0 Å². The van der Waals surface area contributed by atoms with E-state index >= 15 is 0 Å². The predicted octanol–water partition coefficient (Wildman–Crippen LogP) is 4.75. The molecular formula is C34H47KNO3-. The van der Waals surface area contributed by atoms with Gasteiger partial charge in [0.2, 0.25) is 0 Å². The van der Waals surface area contributed by atoms with Crippen molar-refractivity contribution >= 4 is 23.5 Å². The van der Waals surface area contributed by atoms with Gasteiger partial charge in [0, 0.05) is 18.5 Å². The number of allylic oxidation sites excluding steroid dienone is 2. The van der Waals surface area contributed by atoms with Crippen LogP contribution in [-0.2, 0) is 27.2 Å². The fourth-order valence-electron chi connectivity index (χ4n) is 2.96. The number of hydrogen-bond donors (Lipinski definition) is 1. The van der Waals surface area contributed by atoms with E-state index in [1.54, 1.807) is 37.3 Å². The maximum Gasteiger partial charge on any atom is 1.00 e. The number of carbonyl (C=O) groups excluding carboxylic acids is 3. The van der Waals surface area contributed by atoms with Crippen LogP contribution >= 0.6 is 0 Å². The molecule has 2 aromatic carbocycles. The summed E-state index contributed by atoms with van der Waals surface area (Å²) in [5.74, 6) is 0.0929. The van der Waals surface area contributed by atoms with Gasteiger partial charge in [0.15, 0.2) is 0 Å². The zero-order valence-electron chi connectivity index (χ0n) is 25.6.